The first kappa shape index (κ1) is 11.9. The quantitative estimate of drug-likeness (QED) is 0.776. The monoisotopic (exact) mass is 270 g/mol. The first-order valence-electron chi connectivity index (χ1n) is 7.28. The van der Waals surface area contributed by atoms with E-state index >= 15 is 0 Å². The van der Waals surface area contributed by atoms with Gasteiger partial charge in [0.1, 0.15) is 5.65 Å². The van der Waals surface area contributed by atoms with Crippen LogP contribution < -0.4 is 10.6 Å². The van der Waals surface area contributed by atoms with Gasteiger partial charge in [0.25, 0.3) is 5.91 Å². The van der Waals surface area contributed by atoms with E-state index in [0.29, 0.717) is 23.7 Å². The number of fused-ring (bicyclic) bond motifs is 3. The molecular formula is C15H18N4O. The van der Waals surface area contributed by atoms with Crippen molar-refractivity contribution < 1.29 is 4.79 Å². The Morgan fingerprint density at radius 2 is 2.10 bits per heavy atom. The summed E-state index contributed by atoms with van der Waals surface area (Å²) in [5.74, 6) is 0.00977. The van der Waals surface area contributed by atoms with E-state index in [2.05, 4.69) is 20.6 Å². The summed E-state index contributed by atoms with van der Waals surface area (Å²) in [5, 5.41) is 7.67. The highest BCUT2D eigenvalue weighted by Gasteiger charge is 2.34. The molecule has 2 aliphatic heterocycles. The van der Waals surface area contributed by atoms with Gasteiger partial charge in [-0.1, -0.05) is 0 Å². The number of nitrogens with one attached hydrogen (secondary N) is 3. The SMILES string of the molecule is O=C(NC1CC2CCC(C1)N2)c1c[nH]c2ncccc12. The standard InChI is InChI=1S/C15H18N4O/c20-15(13-8-17-14-12(13)2-1-5-16-14)19-11-6-9-3-4-10(7-11)18-9/h1-2,5,8-11,18H,3-4,6-7H2,(H,16,17)(H,19,20). The number of rotatable bonds is 2. The molecule has 2 unspecified atom stereocenters. The highest BCUT2D eigenvalue weighted by molar-refractivity contribution is 6.05. The predicted molar refractivity (Wildman–Crippen MR) is 76.5 cm³/mol. The zero-order chi connectivity index (χ0) is 13.5. The number of hydrogen-bond donors (Lipinski definition) is 3. The third-order valence-corrected chi connectivity index (χ3v) is 4.50. The second kappa shape index (κ2) is 4.59. The molecular weight excluding hydrogens is 252 g/mol. The minimum Gasteiger partial charge on any atom is -0.349 e. The third kappa shape index (κ3) is 1.98. The lowest BCUT2D eigenvalue weighted by Gasteiger charge is -2.29. The fourth-order valence-corrected chi connectivity index (χ4v) is 3.58. The van der Waals surface area contributed by atoms with Crippen molar-refractivity contribution in [2.75, 3.05) is 0 Å². The van der Waals surface area contributed by atoms with E-state index in [9.17, 15) is 4.79 Å². The lowest BCUT2D eigenvalue weighted by Crippen LogP contribution is -2.48. The number of piperidine rings is 1. The van der Waals surface area contributed by atoms with Crippen molar-refractivity contribution in [3.63, 3.8) is 0 Å². The zero-order valence-corrected chi connectivity index (χ0v) is 11.2. The molecule has 0 radical (unpaired) electrons. The van der Waals surface area contributed by atoms with E-state index in [1.54, 1.807) is 12.4 Å². The van der Waals surface area contributed by atoms with Crippen LogP contribution in [-0.2, 0) is 0 Å². The van der Waals surface area contributed by atoms with Crippen molar-refractivity contribution in [3.8, 4) is 0 Å². The van der Waals surface area contributed by atoms with Crippen molar-refractivity contribution in [1.29, 1.82) is 0 Å². The fraction of sp³-hybridized carbons (Fsp3) is 0.467. The summed E-state index contributed by atoms with van der Waals surface area (Å²) < 4.78 is 0. The van der Waals surface area contributed by atoms with E-state index in [0.717, 1.165) is 23.9 Å². The average Bonchev–Trinajstić information content (AvgIpc) is 3.02. The molecule has 5 nitrogen and oxygen atoms in total. The van der Waals surface area contributed by atoms with Crippen LogP contribution in [0.2, 0.25) is 0 Å². The van der Waals surface area contributed by atoms with Crippen LogP contribution >= 0.6 is 0 Å². The Morgan fingerprint density at radius 1 is 1.30 bits per heavy atom. The maximum atomic E-state index is 12.4. The Kier molecular flexibility index (Phi) is 2.73. The number of amides is 1. The van der Waals surface area contributed by atoms with Gasteiger partial charge in [-0.05, 0) is 37.8 Å². The summed E-state index contributed by atoms with van der Waals surface area (Å²) >= 11 is 0. The molecule has 2 fully saturated rings. The molecule has 0 saturated carbocycles. The van der Waals surface area contributed by atoms with Gasteiger partial charge in [0.15, 0.2) is 0 Å². The van der Waals surface area contributed by atoms with E-state index in [1.807, 2.05) is 12.1 Å². The smallest absolute Gasteiger partial charge is 0.253 e. The van der Waals surface area contributed by atoms with Gasteiger partial charge in [-0.25, -0.2) is 4.98 Å². The van der Waals surface area contributed by atoms with Crippen LogP contribution in [0.5, 0.6) is 0 Å². The molecule has 2 aromatic heterocycles. The predicted octanol–water partition coefficient (Wildman–Crippen LogP) is 1.58. The number of H-pyrrole nitrogens is 1. The molecule has 3 N–H and O–H groups in total. The van der Waals surface area contributed by atoms with Crippen molar-refractivity contribution >= 4 is 16.9 Å². The number of nitrogens with zero attached hydrogens (tertiary/aromatic N) is 1. The van der Waals surface area contributed by atoms with Crippen molar-refractivity contribution in [2.45, 2.75) is 43.8 Å². The van der Waals surface area contributed by atoms with E-state index in [4.69, 9.17) is 0 Å². The average molecular weight is 270 g/mol. The molecule has 2 aliphatic rings. The van der Waals surface area contributed by atoms with Crippen LogP contribution in [0.4, 0.5) is 0 Å². The molecule has 4 rings (SSSR count). The van der Waals surface area contributed by atoms with Gasteiger partial charge in [-0.2, -0.15) is 0 Å². The third-order valence-electron chi connectivity index (χ3n) is 4.50. The molecule has 2 saturated heterocycles. The molecule has 2 aromatic rings. The second-order valence-corrected chi connectivity index (χ2v) is 5.88. The number of pyridine rings is 1. The van der Waals surface area contributed by atoms with Crippen LogP contribution in [0.1, 0.15) is 36.0 Å². The molecule has 2 atom stereocenters. The van der Waals surface area contributed by atoms with Crippen LogP contribution in [0.25, 0.3) is 11.0 Å². The molecule has 0 aromatic carbocycles. The molecule has 0 aliphatic carbocycles. The van der Waals surface area contributed by atoms with Gasteiger partial charge in [0.05, 0.1) is 5.56 Å². The summed E-state index contributed by atoms with van der Waals surface area (Å²) in [6.45, 7) is 0. The number of aromatic amines is 1. The maximum absolute atomic E-state index is 12.4. The van der Waals surface area contributed by atoms with Crippen LogP contribution in [-0.4, -0.2) is 34.0 Å². The number of carbonyl (C=O) groups excluding carboxylic acids is 1. The number of aromatic nitrogens is 2. The van der Waals surface area contributed by atoms with Crippen molar-refractivity contribution in [1.82, 2.24) is 20.6 Å². The molecule has 1 amide bonds. The molecule has 0 spiro atoms. The first-order chi connectivity index (χ1) is 9.79. The summed E-state index contributed by atoms with van der Waals surface area (Å²) in [6, 6.07) is 5.26. The van der Waals surface area contributed by atoms with Crippen LogP contribution in [0.15, 0.2) is 24.5 Å². The van der Waals surface area contributed by atoms with Gasteiger partial charge in [0.2, 0.25) is 0 Å². The summed E-state index contributed by atoms with van der Waals surface area (Å²) in [6.07, 6.45) is 8.06. The number of hydrogen-bond acceptors (Lipinski definition) is 3. The van der Waals surface area contributed by atoms with Gasteiger partial charge in [-0.15, -0.1) is 0 Å². The van der Waals surface area contributed by atoms with Gasteiger partial charge < -0.3 is 15.6 Å². The van der Waals surface area contributed by atoms with Gasteiger partial charge >= 0.3 is 0 Å². The highest BCUT2D eigenvalue weighted by atomic mass is 16.1. The topological polar surface area (TPSA) is 69.8 Å². The molecule has 2 bridgehead atoms. The van der Waals surface area contributed by atoms with E-state index in [1.165, 1.54) is 12.8 Å². The Balaban J connectivity index is 1.53. The molecule has 4 heterocycles. The summed E-state index contributed by atoms with van der Waals surface area (Å²) in [4.78, 5) is 19.7. The second-order valence-electron chi connectivity index (χ2n) is 5.88. The summed E-state index contributed by atoms with van der Waals surface area (Å²) in [7, 11) is 0. The first-order valence-corrected chi connectivity index (χ1v) is 7.28. The lowest BCUT2D eigenvalue weighted by atomic mass is 9.99. The Bertz CT molecular complexity index is 638. The van der Waals surface area contributed by atoms with Crippen molar-refractivity contribution in [3.05, 3.63) is 30.1 Å². The van der Waals surface area contributed by atoms with Crippen LogP contribution in [0, 0.1) is 0 Å². The zero-order valence-electron chi connectivity index (χ0n) is 11.2. The minimum atomic E-state index is 0.00977. The largest absolute Gasteiger partial charge is 0.349 e. The van der Waals surface area contributed by atoms with Gasteiger partial charge in [0, 0.05) is 35.9 Å². The minimum absolute atomic E-state index is 0.00977. The van der Waals surface area contributed by atoms with Gasteiger partial charge in [-0.3, -0.25) is 4.79 Å². The Morgan fingerprint density at radius 3 is 2.90 bits per heavy atom. The number of carbonyl (C=O) groups is 1. The Labute approximate surface area is 117 Å². The van der Waals surface area contributed by atoms with Crippen molar-refractivity contribution in [2.24, 2.45) is 0 Å². The summed E-state index contributed by atoms with van der Waals surface area (Å²) in [5.41, 5.74) is 1.46. The maximum Gasteiger partial charge on any atom is 0.253 e. The van der Waals surface area contributed by atoms with E-state index < -0.39 is 0 Å². The van der Waals surface area contributed by atoms with E-state index in [-0.39, 0.29) is 5.91 Å². The molecule has 104 valence electrons. The fourth-order valence-electron chi connectivity index (χ4n) is 3.58. The van der Waals surface area contributed by atoms with Crippen LogP contribution in [0.3, 0.4) is 0 Å². The molecule has 20 heavy (non-hydrogen) atoms. The normalized spacial score (nSPS) is 28.7. The lowest BCUT2D eigenvalue weighted by molar-refractivity contribution is 0.0925. The highest BCUT2D eigenvalue weighted by Crippen LogP contribution is 2.27. The molecule has 5 heteroatoms. The Hall–Kier alpha value is -1.88.